The molecule has 116 valence electrons. The Bertz CT molecular complexity index is 931. The van der Waals surface area contributed by atoms with Crippen LogP contribution in [0.5, 0.6) is 5.88 Å². The highest BCUT2D eigenvalue weighted by atomic mass is 35.5. The largest absolute Gasteiger partial charge is 0.494 e. The summed E-state index contributed by atoms with van der Waals surface area (Å²) in [6.45, 7) is 1.84. The molecule has 0 saturated carbocycles. The zero-order valence-corrected chi connectivity index (χ0v) is 12.9. The lowest BCUT2D eigenvalue weighted by Crippen LogP contribution is -2.22. The van der Waals surface area contributed by atoms with Gasteiger partial charge >= 0.3 is 0 Å². The van der Waals surface area contributed by atoms with Gasteiger partial charge in [-0.1, -0.05) is 35.9 Å². The quantitative estimate of drug-likeness (QED) is 0.507. The van der Waals surface area contributed by atoms with E-state index in [1.165, 1.54) is 0 Å². The molecule has 3 rings (SSSR count). The van der Waals surface area contributed by atoms with E-state index >= 15 is 0 Å². The van der Waals surface area contributed by atoms with Crippen LogP contribution in [0.25, 0.3) is 10.9 Å². The first-order valence-corrected chi connectivity index (χ1v) is 7.26. The van der Waals surface area contributed by atoms with Crippen molar-refractivity contribution in [2.24, 2.45) is 0 Å². The average molecular weight is 329 g/mol. The molecular weight excluding hydrogens is 316 g/mol. The topological polar surface area (TPSA) is 82.2 Å². The maximum atomic E-state index is 12.4. The van der Waals surface area contributed by atoms with E-state index < -0.39 is 11.7 Å². The molecule has 0 fully saturated rings. The van der Waals surface area contributed by atoms with Crippen LogP contribution in [0.4, 0.5) is 5.69 Å². The molecule has 3 N–H and O–H groups in total. The molecule has 0 spiro atoms. The number of rotatable bonds is 3. The van der Waals surface area contributed by atoms with E-state index in [1.54, 1.807) is 42.5 Å². The number of anilines is 1. The molecule has 2 aromatic carbocycles. The molecule has 5 nitrogen and oxygen atoms in total. The summed E-state index contributed by atoms with van der Waals surface area (Å²) in [5.41, 5.74) is 1.82. The number of H-pyrrole nitrogens is 1. The standard InChI is InChI=1S/C17H13ClN2O3/c1-9-6-7-10(8-12(9)18)19-17(23)15(21)14-11-4-2-3-5-13(11)20-16(14)22/h2-8,20,22H,1H3,(H,19,23). The number of aromatic hydroxyl groups is 1. The van der Waals surface area contributed by atoms with E-state index in [4.69, 9.17) is 11.6 Å². The van der Waals surface area contributed by atoms with Crippen molar-refractivity contribution >= 4 is 39.9 Å². The molecule has 1 heterocycles. The van der Waals surface area contributed by atoms with Crippen molar-refractivity contribution in [2.45, 2.75) is 6.92 Å². The molecule has 0 bridgehead atoms. The number of carbonyl (C=O) groups is 2. The summed E-state index contributed by atoms with van der Waals surface area (Å²) in [6, 6.07) is 11.8. The Morgan fingerprint density at radius 1 is 1.17 bits per heavy atom. The second kappa shape index (κ2) is 5.78. The van der Waals surface area contributed by atoms with Crippen molar-refractivity contribution in [3.8, 4) is 5.88 Å². The fourth-order valence-corrected chi connectivity index (χ4v) is 2.51. The van der Waals surface area contributed by atoms with E-state index in [0.29, 0.717) is 21.6 Å². The number of aromatic nitrogens is 1. The van der Waals surface area contributed by atoms with E-state index in [0.717, 1.165) is 5.56 Å². The number of hydrogen-bond donors (Lipinski definition) is 3. The number of Topliss-reactive ketones (excluding diaryl/α,β-unsaturated/α-hetero) is 1. The van der Waals surface area contributed by atoms with Crippen molar-refractivity contribution in [1.82, 2.24) is 4.98 Å². The first kappa shape index (κ1) is 15.1. The van der Waals surface area contributed by atoms with Crippen molar-refractivity contribution < 1.29 is 14.7 Å². The molecule has 0 aliphatic heterocycles. The summed E-state index contributed by atoms with van der Waals surface area (Å²) >= 11 is 6.00. The number of halogens is 1. The fraction of sp³-hybridized carbons (Fsp3) is 0.0588. The van der Waals surface area contributed by atoms with Gasteiger partial charge in [0, 0.05) is 21.6 Å². The summed E-state index contributed by atoms with van der Waals surface area (Å²) in [4.78, 5) is 27.2. The van der Waals surface area contributed by atoms with Crippen LogP contribution in [-0.2, 0) is 4.79 Å². The van der Waals surface area contributed by atoms with Crippen LogP contribution in [0.2, 0.25) is 5.02 Å². The van der Waals surface area contributed by atoms with Crippen LogP contribution >= 0.6 is 11.6 Å². The summed E-state index contributed by atoms with van der Waals surface area (Å²) in [6.07, 6.45) is 0. The minimum Gasteiger partial charge on any atom is -0.494 e. The predicted molar refractivity (Wildman–Crippen MR) is 89.1 cm³/mol. The first-order chi connectivity index (χ1) is 11.0. The van der Waals surface area contributed by atoms with E-state index in [2.05, 4.69) is 10.3 Å². The normalized spacial score (nSPS) is 10.7. The van der Waals surface area contributed by atoms with Gasteiger partial charge in [-0.2, -0.15) is 0 Å². The lowest BCUT2D eigenvalue weighted by molar-refractivity contribution is -0.112. The zero-order valence-electron chi connectivity index (χ0n) is 12.2. The molecular formula is C17H13ClN2O3. The minimum absolute atomic E-state index is 0.0451. The monoisotopic (exact) mass is 328 g/mol. The first-order valence-electron chi connectivity index (χ1n) is 6.89. The van der Waals surface area contributed by atoms with E-state index in [9.17, 15) is 14.7 Å². The van der Waals surface area contributed by atoms with Crippen molar-refractivity contribution in [2.75, 3.05) is 5.32 Å². The second-order valence-corrected chi connectivity index (χ2v) is 5.55. The van der Waals surface area contributed by atoms with Crippen molar-refractivity contribution in [3.05, 3.63) is 58.6 Å². The van der Waals surface area contributed by atoms with Gasteiger partial charge in [-0.3, -0.25) is 9.59 Å². The summed E-state index contributed by atoms with van der Waals surface area (Å²) < 4.78 is 0. The molecule has 0 radical (unpaired) electrons. The smallest absolute Gasteiger partial charge is 0.297 e. The second-order valence-electron chi connectivity index (χ2n) is 5.14. The van der Waals surface area contributed by atoms with Gasteiger partial charge in [0.05, 0.1) is 5.56 Å². The molecule has 3 aromatic rings. The highest BCUT2D eigenvalue weighted by Gasteiger charge is 2.24. The molecule has 23 heavy (non-hydrogen) atoms. The number of carbonyl (C=O) groups excluding carboxylic acids is 2. The number of para-hydroxylation sites is 1. The fourth-order valence-electron chi connectivity index (χ4n) is 2.33. The number of hydrogen-bond acceptors (Lipinski definition) is 3. The summed E-state index contributed by atoms with van der Waals surface area (Å²) in [5.74, 6) is -1.99. The number of aromatic amines is 1. The molecule has 0 aliphatic carbocycles. The number of ketones is 1. The SMILES string of the molecule is Cc1ccc(NC(=O)C(=O)c2c(O)[nH]c3ccccc23)cc1Cl. The van der Waals surface area contributed by atoms with E-state index in [-0.39, 0.29) is 11.4 Å². The highest BCUT2D eigenvalue weighted by Crippen LogP contribution is 2.28. The third-order valence-electron chi connectivity index (χ3n) is 3.55. The summed E-state index contributed by atoms with van der Waals surface area (Å²) in [5, 5.41) is 13.4. The van der Waals surface area contributed by atoms with Gasteiger partial charge in [0.25, 0.3) is 11.7 Å². The van der Waals surface area contributed by atoms with Gasteiger partial charge in [-0.25, -0.2) is 0 Å². The number of nitrogens with one attached hydrogen (secondary N) is 2. The van der Waals surface area contributed by atoms with Gasteiger partial charge in [-0.05, 0) is 30.7 Å². The van der Waals surface area contributed by atoms with Crippen molar-refractivity contribution in [1.29, 1.82) is 0 Å². The van der Waals surface area contributed by atoms with Gasteiger partial charge in [-0.15, -0.1) is 0 Å². The number of amides is 1. The molecule has 1 amide bonds. The zero-order chi connectivity index (χ0) is 16.6. The molecule has 1 aromatic heterocycles. The summed E-state index contributed by atoms with van der Waals surface area (Å²) in [7, 11) is 0. The Morgan fingerprint density at radius 2 is 1.91 bits per heavy atom. The van der Waals surface area contributed by atoms with Crippen LogP contribution in [0.15, 0.2) is 42.5 Å². The molecule has 0 atom stereocenters. The Balaban J connectivity index is 1.91. The maximum Gasteiger partial charge on any atom is 0.297 e. The maximum absolute atomic E-state index is 12.4. The van der Waals surface area contributed by atoms with Crippen LogP contribution in [0, 0.1) is 6.92 Å². The Kier molecular flexibility index (Phi) is 3.80. The Morgan fingerprint density at radius 3 is 2.65 bits per heavy atom. The lowest BCUT2D eigenvalue weighted by Gasteiger charge is -2.06. The molecule has 0 saturated heterocycles. The Hall–Kier alpha value is -2.79. The van der Waals surface area contributed by atoms with Crippen LogP contribution in [0.1, 0.15) is 15.9 Å². The lowest BCUT2D eigenvalue weighted by atomic mass is 10.1. The molecule has 0 aliphatic rings. The average Bonchev–Trinajstić information content (AvgIpc) is 2.86. The number of fused-ring (bicyclic) bond motifs is 1. The number of aryl methyl sites for hydroxylation is 1. The van der Waals surface area contributed by atoms with E-state index in [1.807, 2.05) is 6.92 Å². The van der Waals surface area contributed by atoms with Crippen LogP contribution in [-0.4, -0.2) is 21.8 Å². The van der Waals surface area contributed by atoms with Gasteiger partial charge in [0.2, 0.25) is 5.88 Å². The molecule has 0 unspecified atom stereocenters. The molecule has 6 heteroatoms. The third-order valence-corrected chi connectivity index (χ3v) is 3.96. The van der Waals surface area contributed by atoms with Crippen molar-refractivity contribution in [3.63, 3.8) is 0 Å². The van der Waals surface area contributed by atoms with Gasteiger partial charge < -0.3 is 15.4 Å². The van der Waals surface area contributed by atoms with Crippen LogP contribution < -0.4 is 5.32 Å². The van der Waals surface area contributed by atoms with Gasteiger partial charge in [0.1, 0.15) is 0 Å². The van der Waals surface area contributed by atoms with Gasteiger partial charge in [0.15, 0.2) is 0 Å². The highest BCUT2D eigenvalue weighted by molar-refractivity contribution is 6.49. The number of benzene rings is 2. The predicted octanol–water partition coefficient (Wildman–Crippen LogP) is 3.66. The third kappa shape index (κ3) is 2.78. The minimum atomic E-state index is -0.843. The van der Waals surface area contributed by atoms with Crippen LogP contribution in [0.3, 0.4) is 0 Å². The Labute approximate surface area is 136 Å².